The van der Waals surface area contributed by atoms with Crippen LogP contribution in [0.2, 0.25) is 0 Å². The fourth-order valence-electron chi connectivity index (χ4n) is 6.78. The van der Waals surface area contributed by atoms with E-state index < -0.39 is 17.5 Å². The average Bonchev–Trinajstić information content (AvgIpc) is 2.95. The maximum atomic E-state index is 13.2. The maximum Gasteiger partial charge on any atom is 0.303 e. The Morgan fingerprint density at radius 3 is 2.64 bits per heavy atom. The SMILES string of the molecule is C#C[C@H](OC(C)=O)[C@]12CCC(=O)C=C1C(=O)C[C@@H]1[C@@H]2CC[C@]2(C)C(=O)CC[C@@H]12. The average molecular weight is 382 g/mol. The fourth-order valence-corrected chi connectivity index (χ4v) is 6.78. The van der Waals surface area contributed by atoms with Crippen molar-refractivity contribution >= 4 is 23.3 Å². The number of carbonyl (C=O) groups excluding carboxylic acids is 4. The van der Waals surface area contributed by atoms with Gasteiger partial charge in [-0.05, 0) is 49.5 Å². The van der Waals surface area contributed by atoms with Crippen molar-refractivity contribution in [3.8, 4) is 12.3 Å². The number of terminal acetylenes is 1. The van der Waals surface area contributed by atoms with E-state index in [2.05, 4.69) is 5.92 Å². The van der Waals surface area contributed by atoms with Crippen molar-refractivity contribution in [1.82, 2.24) is 0 Å². The smallest absolute Gasteiger partial charge is 0.303 e. The van der Waals surface area contributed by atoms with Gasteiger partial charge >= 0.3 is 5.97 Å². The molecule has 0 aromatic heterocycles. The molecular formula is C23H26O5. The molecule has 0 unspecified atom stereocenters. The second-order valence-corrected chi connectivity index (χ2v) is 9.14. The van der Waals surface area contributed by atoms with Crippen molar-refractivity contribution < 1.29 is 23.9 Å². The monoisotopic (exact) mass is 382 g/mol. The van der Waals surface area contributed by atoms with Crippen LogP contribution in [0.3, 0.4) is 0 Å². The standard InChI is InChI=1S/C23H26O5/c1-4-21(28-13(2)24)23-10-7-14(25)11-18(23)19(26)12-15-16-5-6-20(27)22(16,3)9-8-17(15)23/h1,11,15-17,21H,5-10,12H2,2-3H3/t15-,16-,17-,21-,22-,23-/m0/s1. The van der Waals surface area contributed by atoms with E-state index in [-0.39, 0.29) is 34.7 Å². The number of ether oxygens (including phenoxy) is 1. The number of rotatable bonds is 2. The fraction of sp³-hybridized carbons (Fsp3) is 0.652. The van der Waals surface area contributed by atoms with Crippen LogP contribution in [0, 0.1) is 40.9 Å². The van der Waals surface area contributed by atoms with Gasteiger partial charge in [0.1, 0.15) is 5.78 Å². The molecule has 5 nitrogen and oxygen atoms in total. The normalized spacial score (nSPS) is 40.5. The van der Waals surface area contributed by atoms with Gasteiger partial charge in [-0.15, -0.1) is 6.42 Å². The van der Waals surface area contributed by atoms with Gasteiger partial charge in [-0.2, -0.15) is 0 Å². The van der Waals surface area contributed by atoms with Crippen LogP contribution in [-0.2, 0) is 23.9 Å². The molecule has 3 fully saturated rings. The summed E-state index contributed by atoms with van der Waals surface area (Å²) in [5.41, 5.74) is -0.745. The lowest BCUT2D eigenvalue weighted by Gasteiger charge is -2.58. The Bertz CT molecular complexity index is 846. The Kier molecular flexibility index (Phi) is 4.37. The van der Waals surface area contributed by atoms with Crippen molar-refractivity contribution in [1.29, 1.82) is 0 Å². The first-order chi connectivity index (χ1) is 13.2. The second kappa shape index (κ2) is 6.40. The lowest BCUT2D eigenvalue weighted by Crippen LogP contribution is -2.58. The van der Waals surface area contributed by atoms with Crippen molar-refractivity contribution in [2.45, 2.75) is 64.9 Å². The van der Waals surface area contributed by atoms with E-state index in [4.69, 9.17) is 11.2 Å². The lowest BCUT2D eigenvalue weighted by atomic mass is 9.45. The van der Waals surface area contributed by atoms with Gasteiger partial charge in [0.05, 0.1) is 5.41 Å². The molecule has 0 aliphatic heterocycles. The number of ketones is 3. The summed E-state index contributed by atoms with van der Waals surface area (Å²) in [7, 11) is 0. The summed E-state index contributed by atoms with van der Waals surface area (Å²) >= 11 is 0. The molecular weight excluding hydrogens is 356 g/mol. The minimum absolute atomic E-state index is 0.0360. The second-order valence-electron chi connectivity index (χ2n) is 9.14. The van der Waals surface area contributed by atoms with Crippen LogP contribution in [0.1, 0.15) is 58.8 Å². The third-order valence-electron chi connectivity index (χ3n) is 8.02. The Morgan fingerprint density at radius 2 is 1.96 bits per heavy atom. The summed E-state index contributed by atoms with van der Waals surface area (Å²) in [6.07, 6.45) is 10.3. The number of carbonyl (C=O) groups is 4. The first kappa shape index (κ1) is 19.1. The molecule has 0 bridgehead atoms. The lowest BCUT2D eigenvalue weighted by molar-refractivity contribution is -0.160. The highest BCUT2D eigenvalue weighted by atomic mass is 16.5. The van der Waals surface area contributed by atoms with Crippen LogP contribution in [0.5, 0.6) is 0 Å². The van der Waals surface area contributed by atoms with E-state index in [9.17, 15) is 19.2 Å². The van der Waals surface area contributed by atoms with Gasteiger partial charge < -0.3 is 4.74 Å². The minimum Gasteiger partial charge on any atom is -0.448 e. The Balaban J connectivity index is 1.85. The Labute approximate surface area is 165 Å². The third-order valence-corrected chi connectivity index (χ3v) is 8.02. The number of Topliss-reactive ketones (excluding diaryl/α,β-unsaturated/α-hetero) is 2. The highest BCUT2D eigenvalue weighted by Crippen LogP contribution is 2.65. The molecule has 28 heavy (non-hydrogen) atoms. The van der Waals surface area contributed by atoms with Gasteiger partial charge in [-0.1, -0.05) is 12.8 Å². The molecule has 4 rings (SSSR count). The predicted molar refractivity (Wildman–Crippen MR) is 101 cm³/mol. The quantitative estimate of drug-likeness (QED) is 0.542. The molecule has 0 spiro atoms. The van der Waals surface area contributed by atoms with E-state index >= 15 is 0 Å². The minimum atomic E-state index is -0.873. The zero-order valence-electron chi connectivity index (χ0n) is 16.5. The summed E-state index contributed by atoms with van der Waals surface area (Å²) in [6.45, 7) is 3.36. The van der Waals surface area contributed by atoms with Gasteiger partial charge in [0.25, 0.3) is 0 Å². The third kappa shape index (κ3) is 2.46. The van der Waals surface area contributed by atoms with E-state index in [0.717, 1.165) is 19.3 Å². The molecule has 5 heteroatoms. The van der Waals surface area contributed by atoms with Gasteiger partial charge in [-0.3, -0.25) is 19.2 Å². The molecule has 0 aromatic rings. The molecule has 0 aromatic carbocycles. The Morgan fingerprint density at radius 1 is 1.21 bits per heavy atom. The highest BCUT2D eigenvalue weighted by Gasteiger charge is 2.64. The van der Waals surface area contributed by atoms with E-state index in [1.54, 1.807) is 0 Å². The van der Waals surface area contributed by atoms with E-state index in [1.807, 2.05) is 6.92 Å². The number of esters is 1. The molecule has 4 aliphatic rings. The predicted octanol–water partition coefficient (Wildman–Crippen LogP) is 2.81. The van der Waals surface area contributed by atoms with Crippen molar-refractivity contribution in [3.63, 3.8) is 0 Å². The zero-order chi connectivity index (χ0) is 20.3. The van der Waals surface area contributed by atoms with E-state index in [0.29, 0.717) is 37.0 Å². The molecule has 4 aliphatic carbocycles. The van der Waals surface area contributed by atoms with Crippen LogP contribution in [0.25, 0.3) is 0 Å². The first-order valence-corrected chi connectivity index (χ1v) is 10.2. The molecule has 0 heterocycles. The van der Waals surface area contributed by atoms with Crippen LogP contribution in [0.4, 0.5) is 0 Å². The molecule has 0 saturated heterocycles. The number of fused-ring (bicyclic) bond motifs is 5. The number of hydrogen-bond donors (Lipinski definition) is 0. The van der Waals surface area contributed by atoms with Crippen LogP contribution in [0.15, 0.2) is 11.6 Å². The maximum absolute atomic E-state index is 13.2. The van der Waals surface area contributed by atoms with Crippen molar-refractivity contribution in [3.05, 3.63) is 11.6 Å². The Hall–Kier alpha value is -2.22. The zero-order valence-corrected chi connectivity index (χ0v) is 16.5. The van der Waals surface area contributed by atoms with Crippen LogP contribution >= 0.6 is 0 Å². The largest absolute Gasteiger partial charge is 0.448 e. The first-order valence-electron chi connectivity index (χ1n) is 10.2. The van der Waals surface area contributed by atoms with Crippen molar-refractivity contribution in [2.24, 2.45) is 28.6 Å². The van der Waals surface area contributed by atoms with Gasteiger partial charge in [0.2, 0.25) is 0 Å². The molecule has 6 atom stereocenters. The molecule has 3 saturated carbocycles. The molecule has 0 N–H and O–H groups in total. The van der Waals surface area contributed by atoms with Crippen molar-refractivity contribution in [2.75, 3.05) is 0 Å². The summed E-state index contributed by atoms with van der Waals surface area (Å²) in [5.74, 6) is 2.50. The van der Waals surface area contributed by atoms with Crippen LogP contribution in [-0.4, -0.2) is 29.4 Å². The summed E-state index contributed by atoms with van der Waals surface area (Å²) in [6, 6.07) is 0. The van der Waals surface area contributed by atoms with Gasteiger partial charge in [0.15, 0.2) is 17.7 Å². The molecule has 0 amide bonds. The summed E-state index contributed by atoms with van der Waals surface area (Å²) < 4.78 is 5.54. The van der Waals surface area contributed by atoms with E-state index in [1.165, 1.54) is 13.0 Å². The highest BCUT2D eigenvalue weighted by molar-refractivity contribution is 6.06. The summed E-state index contributed by atoms with van der Waals surface area (Å²) in [4.78, 5) is 49.7. The number of hydrogen-bond acceptors (Lipinski definition) is 5. The van der Waals surface area contributed by atoms with Crippen LogP contribution < -0.4 is 0 Å². The summed E-state index contributed by atoms with van der Waals surface area (Å²) in [5, 5.41) is 0. The van der Waals surface area contributed by atoms with Gasteiger partial charge in [-0.25, -0.2) is 0 Å². The molecule has 148 valence electrons. The van der Waals surface area contributed by atoms with Gasteiger partial charge in [0, 0.05) is 37.2 Å². The molecule has 0 radical (unpaired) electrons. The topological polar surface area (TPSA) is 77.5 Å².